The maximum Gasteiger partial charge on any atom is 0.257 e. The fourth-order valence-electron chi connectivity index (χ4n) is 1.96. The Balaban J connectivity index is 2.22. The molecule has 1 atom stereocenters. The monoisotopic (exact) mass is 277 g/mol. The summed E-state index contributed by atoms with van der Waals surface area (Å²) in [7, 11) is 1.78. The number of rotatable bonds is 3. The zero-order chi connectivity index (χ0) is 14.0. The number of aryl methyl sites for hydroxylation is 1. The highest BCUT2D eigenvalue weighted by Crippen LogP contribution is 2.24. The first-order valence-corrected chi connectivity index (χ1v) is 6.45. The van der Waals surface area contributed by atoms with Crippen molar-refractivity contribution < 1.29 is 9.21 Å². The molecule has 0 radical (unpaired) electrons. The van der Waals surface area contributed by atoms with Crippen LogP contribution in [0, 0.1) is 6.92 Å². The van der Waals surface area contributed by atoms with Crippen LogP contribution in [0.5, 0.6) is 0 Å². The maximum atomic E-state index is 12.4. The molecule has 1 unspecified atom stereocenters. The van der Waals surface area contributed by atoms with E-state index >= 15 is 0 Å². The van der Waals surface area contributed by atoms with Crippen LogP contribution in [0.2, 0.25) is 5.02 Å². The third kappa shape index (κ3) is 2.82. The Kier molecular flexibility index (Phi) is 3.96. The van der Waals surface area contributed by atoms with Crippen molar-refractivity contribution in [1.29, 1.82) is 0 Å². The van der Waals surface area contributed by atoms with Crippen LogP contribution in [0.3, 0.4) is 0 Å². The average molecular weight is 278 g/mol. The summed E-state index contributed by atoms with van der Waals surface area (Å²) in [5.74, 6) is 0.578. The number of furan rings is 1. The lowest BCUT2D eigenvalue weighted by atomic mass is 10.1. The molecular formula is C15H16ClNO2. The van der Waals surface area contributed by atoms with Gasteiger partial charge in [-0.2, -0.15) is 0 Å². The number of hydrogen-bond acceptors (Lipinski definition) is 2. The lowest BCUT2D eigenvalue weighted by Gasteiger charge is -2.25. The largest absolute Gasteiger partial charge is 0.469 e. The molecule has 0 bridgehead atoms. The summed E-state index contributed by atoms with van der Waals surface area (Å²) in [5, 5.41) is 0.671. The molecule has 0 aliphatic rings. The van der Waals surface area contributed by atoms with Crippen LogP contribution >= 0.6 is 11.6 Å². The molecule has 0 saturated carbocycles. The molecular weight excluding hydrogens is 262 g/mol. The Hall–Kier alpha value is -1.74. The van der Waals surface area contributed by atoms with Gasteiger partial charge in [-0.1, -0.05) is 23.7 Å². The van der Waals surface area contributed by atoms with E-state index in [-0.39, 0.29) is 11.9 Å². The molecule has 1 heterocycles. The van der Waals surface area contributed by atoms with E-state index in [1.54, 1.807) is 24.9 Å². The second kappa shape index (κ2) is 5.49. The first-order chi connectivity index (χ1) is 9.00. The molecule has 2 aromatic rings. The summed E-state index contributed by atoms with van der Waals surface area (Å²) in [6, 6.07) is 9.18. The zero-order valence-electron chi connectivity index (χ0n) is 11.2. The second-order valence-electron chi connectivity index (χ2n) is 4.54. The summed E-state index contributed by atoms with van der Waals surface area (Å²) in [6.45, 7) is 3.75. The van der Waals surface area contributed by atoms with Crippen molar-refractivity contribution in [3.63, 3.8) is 0 Å². The van der Waals surface area contributed by atoms with E-state index in [0.29, 0.717) is 16.3 Å². The Morgan fingerprint density at radius 1 is 1.37 bits per heavy atom. The van der Waals surface area contributed by atoms with Crippen LogP contribution in [0.25, 0.3) is 0 Å². The molecule has 3 nitrogen and oxygen atoms in total. The van der Waals surface area contributed by atoms with E-state index in [0.717, 1.165) is 5.56 Å². The van der Waals surface area contributed by atoms with Gasteiger partial charge in [0.25, 0.3) is 5.91 Å². The molecule has 1 aromatic carbocycles. The molecule has 1 aromatic heterocycles. The highest BCUT2D eigenvalue weighted by molar-refractivity contribution is 6.30. The molecule has 0 spiro atoms. The van der Waals surface area contributed by atoms with Gasteiger partial charge in [-0.25, -0.2) is 0 Å². The maximum absolute atomic E-state index is 12.4. The smallest absolute Gasteiger partial charge is 0.257 e. The van der Waals surface area contributed by atoms with Crippen molar-refractivity contribution in [3.05, 3.63) is 58.5 Å². The molecule has 2 rings (SSSR count). The van der Waals surface area contributed by atoms with Gasteiger partial charge < -0.3 is 9.32 Å². The predicted octanol–water partition coefficient (Wildman–Crippen LogP) is 4.07. The number of carbonyl (C=O) groups excluding carboxylic acids is 1. The normalized spacial score (nSPS) is 12.2. The molecule has 0 N–H and O–H groups in total. The third-order valence-electron chi connectivity index (χ3n) is 3.32. The van der Waals surface area contributed by atoms with E-state index < -0.39 is 0 Å². The molecule has 4 heteroatoms. The number of hydrogen-bond donors (Lipinski definition) is 0. The Morgan fingerprint density at radius 3 is 2.68 bits per heavy atom. The summed E-state index contributed by atoms with van der Waals surface area (Å²) < 4.78 is 5.17. The summed E-state index contributed by atoms with van der Waals surface area (Å²) in [5.41, 5.74) is 1.60. The number of nitrogens with zero attached hydrogens (tertiary/aromatic N) is 1. The summed E-state index contributed by atoms with van der Waals surface area (Å²) in [6.07, 6.45) is 1.53. The average Bonchev–Trinajstić information content (AvgIpc) is 2.82. The van der Waals surface area contributed by atoms with Crippen molar-refractivity contribution in [2.24, 2.45) is 0 Å². The van der Waals surface area contributed by atoms with Gasteiger partial charge in [0.15, 0.2) is 0 Å². The van der Waals surface area contributed by atoms with Crippen LogP contribution in [0.1, 0.15) is 34.6 Å². The fraction of sp³-hybridized carbons (Fsp3) is 0.267. The SMILES string of the molecule is Cc1occc1C(=O)N(C)C(C)c1cccc(Cl)c1. The minimum absolute atomic E-state index is 0.0551. The van der Waals surface area contributed by atoms with E-state index in [4.69, 9.17) is 16.0 Å². The zero-order valence-corrected chi connectivity index (χ0v) is 11.9. The molecule has 100 valence electrons. The van der Waals surface area contributed by atoms with E-state index in [2.05, 4.69) is 0 Å². The summed E-state index contributed by atoms with van der Waals surface area (Å²) >= 11 is 5.98. The second-order valence-corrected chi connectivity index (χ2v) is 4.97. The van der Waals surface area contributed by atoms with E-state index in [1.165, 1.54) is 6.26 Å². The quantitative estimate of drug-likeness (QED) is 0.847. The minimum atomic E-state index is -0.0567. The Morgan fingerprint density at radius 2 is 2.11 bits per heavy atom. The van der Waals surface area contributed by atoms with Gasteiger partial charge in [0.1, 0.15) is 5.76 Å². The predicted molar refractivity (Wildman–Crippen MR) is 75.4 cm³/mol. The number of benzene rings is 1. The van der Waals surface area contributed by atoms with E-state index in [9.17, 15) is 4.79 Å². The topological polar surface area (TPSA) is 33.5 Å². The van der Waals surface area contributed by atoms with E-state index in [1.807, 2.05) is 31.2 Å². The van der Waals surface area contributed by atoms with Gasteiger partial charge in [-0.15, -0.1) is 0 Å². The molecule has 0 saturated heterocycles. The van der Waals surface area contributed by atoms with Gasteiger partial charge in [-0.05, 0) is 37.6 Å². The van der Waals surface area contributed by atoms with Crippen LogP contribution < -0.4 is 0 Å². The minimum Gasteiger partial charge on any atom is -0.469 e. The first-order valence-electron chi connectivity index (χ1n) is 6.07. The highest BCUT2D eigenvalue weighted by Gasteiger charge is 2.21. The van der Waals surface area contributed by atoms with Crippen molar-refractivity contribution in [1.82, 2.24) is 4.90 Å². The fourth-order valence-corrected chi connectivity index (χ4v) is 2.16. The number of carbonyl (C=O) groups is 1. The highest BCUT2D eigenvalue weighted by atomic mass is 35.5. The standard InChI is InChI=1S/C15H16ClNO2/c1-10(12-5-4-6-13(16)9-12)17(3)15(18)14-7-8-19-11(14)2/h4-10H,1-3H3. The summed E-state index contributed by atoms with van der Waals surface area (Å²) in [4.78, 5) is 14.0. The van der Waals surface area contributed by atoms with Gasteiger partial charge in [0.05, 0.1) is 17.9 Å². The van der Waals surface area contributed by atoms with Crippen LogP contribution in [-0.4, -0.2) is 17.9 Å². The van der Waals surface area contributed by atoms with Crippen molar-refractivity contribution in [2.45, 2.75) is 19.9 Å². The molecule has 1 amide bonds. The van der Waals surface area contributed by atoms with Crippen LogP contribution in [0.15, 0.2) is 41.0 Å². The third-order valence-corrected chi connectivity index (χ3v) is 3.56. The van der Waals surface area contributed by atoms with Gasteiger partial charge >= 0.3 is 0 Å². The van der Waals surface area contributed by atoms with Crippen molar-refractivity contribution >= 4 is 17.5 Å². The van der Waals surface area contributed by atoms with Crippen molar-refractivity contribution in [3.8, 4) is 0 Å². The lowest BCUT2D eigenvalue weighted by Crippen LogP contribution is -2.29. The molecule has 0 fully saturated rings. The van der Waals surface area contributed by atoms with Gasteiger partial charge in [0.2, 0.25) is 0 Å². The lowest BCUT2D eigenvalue weighted by molar-refractivity contribution is 0.0741. The van der Waals surface area contributed by atoms with Gasteiger partial charge in [0, 0.05) is 12.1 Å². The molecule has 0 aliphatic heterocycles. The first kappa shape index (κ1) is 13.7. The van der Waals surface area contributed by atoms with Gasteiger partial charge in [-0.3, -0.25) is 4.79 Å². The number of amides is 1. The van der Waals surface area contributed by atoms with Crippen molar-refractivity contribution in [2.75, 3.05) is 7.05 Å². The number of halogens is 1. The Labute approximate surface area is 117 Å². The Bertz CT molecular complexity index is 591. The molecule has 0 aliphatic carbocycles. The van der Waals surface area contributed by atoms with Crippen LogP contribution in [-0.2, 0) is 0 Å². The van der Waals surface area contributed by atoms with Crippen LogP contribution in [0.4, 0.5) is 0 Å². The molecule has 19 heavy (non-hydrogen) atoms.